The molecule has 0 bridgehead atoms. The first kappa shape index (κ1) is 12.1. The number of nitrogens with zero attached hydrogens (tertiary/aromatic N) is 4. The van der Waals surface area contributed by atoms with Gasteiger partial charge in [-0.25, -0.2) is 9.97 Å². The van der Waals surface area contributed by atoms with Crippen LogP contribution in [0.25, 0.3) is 11.0 Å². The Morgan fingerprint density at radius 3 is 2.83 bits per heavy atom. The first-order valence-corrected chi connectivity index (χ1v) is 5.30. The van der Waals surface area contributed by atoms with Crippen LogP contribution in [0.15, 0.2) is 6.33 Å². The van der Waals surface area contributed by atoms with Crippen LogP contribution in [0.1, 0.15) is 5.56 Å². The van der Waals surface area contributed by atoms with Crippen LogP contribution < -0.4 is 10.5 Å². The smallest absolute Gasteiger partial charge is 0.227 e. The van der Waals surface area contributed by atoms with Crippen LogP contribution in [0.3, 0.4) is 0 Å². The molecule has 18 heavy (non-hydrogen) atoms. The molecule has 0 aliphatic carbocycles. The summed E-state index contributed by atoms with van der Waals surface area (Å²) >= 11 is 0. The summed E-state index contributed by atoms with van der Waals surface area (Å²) in [6.07, 6.45) is 1.38. The van der Waals surface area contributed by atoms with Crippen molar-refractivity contribution in [1.29, 1.82) is 5.26 Å². The van der Waals surface area contributed by atoms with Crippen molar-refractivity contribution in [3.8, 4) is 11.9 Å². The Balaban J connectivity index is 2.73. The maximum atomic E-state index is 9.19. The molecule has 94 valence electrons. The van der Waals surface area contributed by atoms with E-state index in [-0.39, 0.29) is 0 Å². The van der Waals surface area contributed by atoms with Gasteiger partial charge in [0.2, 0.25) is 5.88 Å². The molecule has 0 amide bonds. The molecule has 0 saturated heterocycles. The summed E-state index contributed by atoms with van der Waals surface area (Å²) in [6.45, 7) is 0.992. The van der Waals surface area contributed by atoms with E-state index in [0.717, 1.165) is 0 Å². The summed E-state index contributed by atoms with van der Waals surface area (Å²) in [7, 11) is 3.09. The van der Waals surface area contributed by atoms with Crippen LogP contribution in [0.5, 0.6) is 5.88 Å². The third-order valence-electron chi connectivity index (χ3n) is 2.67. The van der Waals surface area contributed by atoms with Crippen LogP contribution >= 0.6 is 0 Å². The maximum absolute atomic E-state index is 9.19. The minimum atomic E-state index is 0.332. The molecule has 0 aliphatic rings. The van der Waals surface area contributed by atoms with Gasteiger partial charge in [0, 0.05) is 13.7 Å². The molecule has 0 aromatic carbocycles. The van der Waals surface area contributed by atoms with Gasteiger partial charge in [-0.05, 0) is 0 Å². The van der Waals surface area contributed by atoms with Gasteiger partial charge in [0.1, 0.15) is 34.8 Å². The van der Waals surface area contributed by atoms with Crippen molar-refractivity contribution in [1.82, 2.24) is 14.5 Å². The topological polar surface area (TPSA) is 99.0 Å². The van der Waals surface area contributed by atoms with Crippen molar-refractivity contribution in [2.45, 2.75) is 6.54 Å². The van der Waals surface area contributed by atoms with E-state index in [0.29, 0.717) is 41.4 Å². The average molecular weight is 247 g/mol. The third kappa shape index (κ3) is 1.72. The number of hydrogen-bond acceptors (Lipinski definition) is 6. The minimum Gasteiger partial charge on any atom is -0.480 e. The number of aromatic nitrogens is 3. The molecular formula is C11H13N5O2. The molecule has 2 aromatic heterocycles. The second-order valence-electron chi connectivity index (χ2n) is 3.60. The Bertz CT molecular complexity index is 614. The number of nitriles is 1. The predicted octanol–water partition coefficient (Wildman–Crippen LogP) is 0.540. The van der Waals surface area contributed by atoms with Crippen molar-refractivity contribution in [2.75, 3.05) is 26.6 Å². The van der Waals surface area contributed by atoms with Gasteiger partial charge in [0.15, 0.2) is 0 Å². The number of hydrogen-bond donors (Lipinski definition) is 1. The lowest BCUT2D eigenvalue weighted by atomic mass is 10.2. The van der Waals surface area contributed by atoms with E-state index in [2.05, 4.69) is 16.0 Å². The number of nitrogen functional groups attached to an aromatic ring is 1. The highest BCUT2D eigenvalue weighted by molar-refractivity contribution is 5.93. The van der Waals surface area contributed by atoms with Crippen LogP contribution in [0.4, 0.5) is 5.82 Å². The van der Waals surface area contributed by atoms with Gasteiger partial charge in [-0.2, -0.15) is 5.26 Å². The number of methoxy groups -OCH3 is 2. The Morgan fingerprint density at radius 1 is 1.44 bits per heavy atom. The molecule has 2 heterocycles. The van der Waals surface area contributed by atoms with E-state index >= 15 is 0 Å². The van der Waals surface area contributed by atoms with Crippen LogP contribution in [0, 0.1) is 11.3 Å². The second kappa shape index (κ2) is 4.89. The Hall–Kier alpha value is -2.33. The van der Waals surface area contributed by atoms with Crippen molar-refractivity contribution < 1.29 is 9.47 Å². The molecule has 7 heteroatoms. The molecule has 0 radical (unpaired) electrons. The van der Waals surface area contributed by atoms with E-state index in [9.17, 15) is 5.26 Å². The monoisotopic (exact) mass is 247 g/mol. The number of fused-ring (bicyclic) bond motifs is 1. The zero-order chi connectivity index (χ0) is 13.1. The fourth-order valence-corrected chi connectivity index (χ4v) is 1.84. The van der Waals surface area contributed by atoms with E-state index in [1.165, 1.54) is 13.4 Å². The van der Waals surface area contributed by atoms with Gasteiger partial charge in [0.05, 0.1) is 13.7 Å². The molecule has 0 aliphatic heterocycles. The molecule has 0 atom stereocenters. The zero-order valence-corrected chi connectivity index (χ0v) is 10.2. The Kier molecular flexibility index (Phi) is 3.30. The van der Waals surface area contributed by atoms with Crippen molar-refractivity contribution in [3.63, 3.8) is 0 Å². The summed E-state index contributed by atoms with van der Waals surface area (Å²) < 4.78 is 11.9. The lowest BCUT2D eigenvalue weighted by Gasteiger charge is -2.05. The molecule has 0 unspecified atom stereocenters. The number of anilines is 1. The van der Waals surface area contributed by atoms with Gasteiger partial charge >= 0.3 is 0 Å². The fourth-order valence-electron chi connectivity index (χ4n) is 1.84. The van der Waals surface area contributed by atoms with Crippen molar-refractivity contribution >= 4 is 16.9 Å². The average Bonchev–Trinajstić information content (AvgIpc) is 2.67. The molecule has 0 fully saturated rings. The summed E-state index contributed by atoms with van der Waals surface area (Å²) in [6, 6.07) is 2.06. The van der Waals surface area contributed by atoms with E-state index in [4.69, 9.17) is 15.2 Å². The Morgan fingerprint density at radius 2 is 2.22 bits per heavy atom. The third-order valence-corrected chi connectivity index (χ3v) is 2.67. The van der Waals surface area contributed by atoms with E-state index in [1.54, 1.807) is 11.7 Å². The molecule has 7 nitrogen and oxygen atoms in total. The largest absolute Gasteiger partial charge is 0.480 e. The lowest BCUT2D eigenvalue weighted by Crippen LogP contribution is -2.08. The normalized spacial score (nSPS) is 10.5. The summed E-state index contributed by atoms with van der Waals surface area (Å²) in [5.41, 5.74) is 6.86. The molecule has 2 N–H and O–H groups in total. The molecule has 2 rings (SSSR count). The van der Waals surface area contributed by atoms with Gasteiger partial charge in [0.25, 0.3) is 0 Å². The Labute approximate surface area is 104 Å². The molecule has 0 spiro atoms. The second-order valence-corrected chi connectivity index (χ2v) is 3.60. The fraction of sp³-hybridized carbons (Fsp3) is 0.364. The van der Waals surface area contributed by atoms with E-state index in [1.807, 2.05) is 0 Å². The van der Waals surface area contributed by atoms with Gasteiger partial charge in [-0.3, -0.25) is 0 Å². The van der Waals surface area contributed by atoms with Gasteiger partial charge < -0.3 is 19.8 Å². The highest BCUT2D eigenvalue weighted by Crippen LogP contribution is 2.31. The van der Waals surface area contributed by atoms with Crippen molar-refractivity contribution in [2.24, 2.45) is 0 Å². The van der Waals surface area contributed by atoms with Crippen LogP contribution in [-0.4, -0.2) is 35.4 Å². The highest BCUT2D eigenvalue weighted by atomic mass is 16.5. The lowest BCUT2D eigenvalue weighted by molar-refractivity contribution is 0.189. The maximum Gasteiger partial charge on any atom is 0.227 e. The predicted molar refractivity (Wildman–Crippen MR) is 65.1 cm³/mol. The van der Waals surface area contributed by atoms with Crippen LogP contribution in [0.2, 0.25) is 0 Å². The number of nitrogens with two attached hydrogens (primary N) is 1. The van der Waals surface area contributed by atoms with Gasteiger partial charge in [-0.1, -0.05) is 0 Å². The summed E-state index contributed by atoms with van der Waals surface area (Å²) in [4.78, 5) is 8.14. The minimum absolute atomic E-state index is 0.332. The first-order valence-electron chi connectivity index (χ1n) is 5.30. The van der Waals surface area contributed by atoms with Crippen molar-refractivity contribution in [3.05, 3.63) is 11.9 Å². The molecule has 2 aromatic rings. The van der Waals surface area contributed by atoms with E-state index < -0.39 is 0 Å². The highest BCUT2D eigenvalue weighted by Gasteiger charge is 2.20. The van der Waals surface area contributed by atoms with Gasteiger partial charge in [-0.15, -0.1) is 0 Å². The SMILES string of the molecule is COCCn1c(N)c(C#N)c2c(OC)ncnc21. The first-order chi connectivity index (χ1) is 8.74. The number of ether oxygens (including phenoxy) is 2. The summed E-state index contributed by atoms with van der Waals surface area (Å²) in [5.74, 6) is 0.697. The van der Waals surface area contributed by atoms with Crippen LogP contribution in [-0.2, 0) is 11.3 Å². The number of rotatable bonds is 4. The molecular weight excluding hydrogens is 234 g/mol. The molecule has 0 saturated carbocycles. The zero-order valence-electron chi connectivity index (χ0n) is 10.2. The quantitative estimate of drug-likeness (QED) is 0.846. The standard InChI is InChI=1S/C11H13N5O2/c1-17-4-3-16-9(13)7(5-12)8-10(16)14-6-15-11(8)18-2/h6H,3-4,13H2,1-2H3. The summed E-state index contributed by atoms with van der Waals surface area (Å²) in [5, 5.41) is 9.73.